The van der Waals surface area contributed by atoms with E-state index < -0.39 is 0 Å². The standard InChI is InChI=1S/C14H9NO2S/c16-8-9-4-3-5-10(13(9)17)14-15-11-6-1-2-7-12(11)18-14/h1-8,17H. The number of benzene rings is 2. The zero-order valence-corrected chi connectivity index (χ0v) is 10.1. The maximum atomic E-state index is 10.8. The summed E-state index contributed by atoms with van der Waals surface area (Å²) in [5.74, 6) is -0.00782. The van der Waals surface area contributed by atoms with Crippen molar-refractivity contribution >= 4 is 27.8 Å². The molecule has 0 aliphatic rings. The monoisotopic (exact) mass is 255 g/mol. The van der Waals surface area contributed by atoms with Crippen molar-refractivity contribution < 1.29 is 9.90 Å². The number of aldehydes is 1. The van der Waals surface area contributed by atoms with Gasteiger partial charge in [0.2, 0.25) is 0 Å². The lowest BCUT2D eigenvalue weighted by Gasteiger charge is -2.02. The highest BCUT2D eigenvalue weighted by atomic mass is 32.1. The number of hydrogen-bond acceptors (Lipinski definition) is 4. The van der Waals surface area contributed by atoms with Gasteiger partial charge in [-0.25, -0.2) is 4.98 Å². The topological polar surface area (TPSA) is 50.2 Å². The Bertz CT molecular complexity index is 700. The fraction of sp³-hybridized carbons (Fsp3) is 0. The van der Waals surface area contributed by atoms with Crippen molar-refractivity contribution in [2.45, 2.75) is 0 Å². The molecule has 0 spiro atoms. The first kappa shape index (κ1) is 10.9. The van der Waals surface area contributed by atoms with Gasteiger partial charge in [0, 0.05) is 0 Å². The summed E-state index contributed by atoms with van der Waals surface area (Å²) in [6.07, 6.45) is 0.645. The normalized spacial score (nSPS) is 10.7. The molecular formula is C14H9NO2S. The van der Waals surface area contributed by atoms with Crippen molar-refractivity contribution in [3.63, 3.8) is 0 Å². The molecule has 2 aromatic carbocycles. The number of carbonyl (C=O) groups is 1. The van der Waals surface area contributed by atoms with Gasteiger partial charge in [-0.05, 0) is 24.3 Å². The molecule has 0 radical (unpaired) electrons. The second kappa shape index (κ2) is 4.23. The fourth-order valence-corrected chi connectivity index (χ4v) is 2.81. The number of phenols is 1. The van der Waals surface area contributed by atoms with Crippen LogP contribution in [0.25, 0.3) is 20.8 Å². The molecule has 18 heavy (non-hydrogen) atoms. The number of nitrogens with zero attached hydrogens (tertiary/aromatic N) is 1. The van der Waals surface area contributed by atoms with Crippen LogP contribution < -0.4 is 0 Å². The highest BCUT2D eigenvalue weighted by Crippen LogP contribution is 2.36. The van der Waals surface area contributed by atoms with Crippen LogP contribution in [0.1, 0.15) is 10.4 Å². The van der Waals surface area contributed by atoms with E-state index in [2.05, 4.69) is 4.98 Å². The number of phenolic OH excluding ortho intramolecular Hbond substituents is 1. The molecule has 0 saturated carbocycles. The lowest BCUT2D eigenvalue weighted by Crippen LogP contribution is -1.84. The summed E-state index contributed by atoms with van der Waals surface area (Å²) in [5, 5.41) is 10.7. The Morgan fingerprint density at radius 2 is 1.94 bits per heavy atom. The van der Waals surface area contributed by atoms with E-state index in [1.807, 2.05) is 24.3 Å². The number of hydrogen-bond donors (Lipinski definition) is 1. The van der Waals surface area contributed by atoms with E-state index in [0.29, 0.717) is 11.8 Å². The maximum absolute atomic E-state index is 10.8. The minimum absolute atomic E-state index is 0.00782. The third kappa shape index (κ3) is 1.67. The molecule has 88 valence electrons. The Kier molecular flexibility index (Phi) is 2.57. The number of thiazole rings is 1. The van der Waals surface area contributed by atoms with Crippen molar-refractivity contribution in [1.82, 2.24) is 4.98 Å². The van der Waals surface area contributed by atoms with Crippen LogP contribution in [0.15, 0.2) is 42.5 Å². The van der Waals surface area contributed by atoms with Crippen molar-refractivity contribution in [1.29, 1.82) is 0 Å². The molecule has 0 atom stereocenters. The third-order valence-corrected chi connectivity index (χ3v) is 3.79. The Morgan fingerprint density at radius 1 is 1.11 bits per heavy atom. The van der Waals surface area contributed by atoms with E-state index in [-0.39, 0.29) is 11.3 Å². The van der Waals surface area contributed by atoms with Gasteiger partial charge in [0.1, 0.15) is 10.8 Å². The second-order valence-electron chi connectivity index (χ2n) is 3.85. The van der Waals surface area contributed by atoms with Crippen LogP contribution in [0.4, 0.5) is 0 Å². The largest absolute Gasteiger partial charge is 0.506 e. The number of carbonyl (C=O) groups excluding carboxylic acids is 1. The summed E-state index contributed by atoms with van der Waals surface area (Å²) in [6, 6.07) is 12.9. The Labute approximate surface area is 107 Å². The Hall–Kier alpha value is -2.20. The average molecular weight is 255 g/mol. The quantitative estimate of drug-likeness (QED) is 0.713. The summed E-state index contributed by atoms with van der Waals surface area (Å²) in [6.45, 7) is 0. The van der Waals surface area contributed by atoms with E-state index in [0.717, 1.165) is 15.2 Å². The lowest BCUT2D eigenvalue weighted by molar-refractivity contribution is 0.112. The summed E-state index contributed by atoms with van der Waals surface area (Å²) < 4.78 is 1.06. The molecule has 0 fully saturated rings. The van der Waals surface area contributed by atoms with E-state index in [1.54, 1.807) is 18.2 Å². The number of aromatic hydroxyl groups is 1. The maximum Gasteiger partial charge on any atom is 0.153 e. The molecule has 0 aliphatic carbocycles. The van der Waals surface area contributed by atoms with Gasteiger partial charge in [-0.2, -0.15) is 0 Å². The van der Waals surface area contributed by atoms with E-state index in [1.165, 1.54) is 11.3 Å². The smallest absolute Gasteiger partial charge is 0.153 e. The third-order valence-electron chi connectivity index (χ3n) is 2.72. The highest BCUT2D eigenvalue weighted by Gasteiger charge is 2.12. The van der Waals surface area contributed by atoms with Gasteiger partial charge >= 0.3 is 0 Å². The molecule has 0 saturated heterocycles. The lowest BCUT2D eigenvalue weighted by atomic mass is 10.1. The Morgan fingerprint density at radius 3 is 2.72 bits per heavy atom. The van der Waals surface area contributed by atoms with E-state index in [9.17, 15) is 9.90 Å². The van der Waals surface area contributed by atoms with Gasteiger partial charge in [0.15, 0.2) is 6.29 Å². The van der Waals surface area contributed by atoms with Crippen molar-refractivity contribution in [2.75, 3.05) is 0 Å². The highest BCUT2D eigenvalue weighted by molar-refractivity contribution is 7.21. The average Bonchev–Trinajstić information content (AvgIpc) is 2.82. The number of rotatable bonds is 2. The molecular weight excluding hydrogens is 246 g/mol. The van der Waals surface area contributed by atoms with Crippen LogP contribution in [0.2, 0.25) is 0 Å². The number of aromatic nitrogens is 1. The first-order valence-corrected chi connectivity index (χ1v) is 6.24. The zero-order valence-electron chi connectivity index (χ0n) is 9.33. The molecule has 3 rings (SSSR count). The van der Waals surface area contributed by atoms with Crippen LogP contribution >= 0.6 is 11.3 Å². The molecule has 4 heteroatoms. The summed E-state index contributed by atoms with van der Waals surface area (Å²) >= 11 is 1.50. The van der Waals surface area contributed by atoms with Crippen LogP contribution in [0.3, 0.4) is 0 Å². The van der Waals surface area contributed by atoms with Crippen LogP contribution in [-0.4, -0.2) is 16.4 Å². The molecule has 1 heterocycles. The van der Waals surface area contributed by atoms with Gasteiger partial charge in [0.25, 0.3) is 0 Å². The molecule has 0 unspecified atom stereocenters. The molecule has 3 aromatic rings. The molecule has 3 nitrogen and oxygen atoms in total. The van der Waals surface area contributed by atoms with Gasteiger partial charge in [-0.3, -0.25) is 4.79 Å². The minimum atomic E-state index is -0.00782. The van der Waals surface area contributed by atoms with Gasteiger partial charge in [0.05, 0.1) is 21.3 Å². The second-order valence-corrected chi connectivity index (χ2v) is 4.88. The van der Waals surface area contributed by atoms with Gasteiger partial charge in [-0.15, -0.1) is 11.3 Å². The van der Waals surface area contributed by atoms with Crippen molar-refractivity contribution in [2.24, 2.45) is 0 Å². The molecule has 0 bridgehead atoms. The fourth-order valence-electron chi connectivity index (χ4n) is 1.82. The summed E-state index contributed by atoms with van der Waals surface area (Å²) in [5.41, 5.74) is 1.78. The SMILES string of the molecule is O=Cc1cccc(-c2nc3ccccc3s2)c1O. The summed E-state index contributed by atoms with van der Waals surface area (Å²) in [4.78, 5) is 15.3. The summed E-state index contributed by atoms with van der Waals surface area (Å²) in [7, 11) is 0. The predicted molar refractivity (Wildman–Crippen MR) is 72.1 cm³/mol. The Balaban J connectivity index is 2.23. The first-order valence-electron chi connectivity index (χ1n) is 5.42. The van der Waals surface area contributed by atoms with E-state index >= 15 is 0 Å². The van der Waals surface area contributed by atoms with Crippen LogP contribution in [0, 0.1) is 0 Å². The minimum Gasteiger partial charge on any atom is -0.506 e. The number of fused-ring (bicyclic) bond motifs is 1. The van der Waals surface area contributed by atoms with E-state index in [4.69, 9.17) is 0 Å². The molecule has 0 amide bonds. The van der Waals surface area contributed by atoms with Crippen molar-refractivity contribution in [3.8, 4) is 16.3 Å². The van der Waals surface area contributed by atoms with Gasteiger partial charge in [-0.1, -0.05) is 18.2 Å². The molecule has 1 N–H and O–H groups in total. The zero-order chi connectivity index (χ0) is 12.5. The van der Waals surface area contributed by atoms with Crippen molar-refractivity contribution in [3.05, 3.63) is 48.0 Å². The molecule has 0 aliphatic heterocycles. The van der Waals surface area contributed by atoms with Gasteiger partial charge < -0.3 is 5.11 Å². The number of para-hydroxylation sites is 2. The van der Waals surface area contributed by atoms with Crippen LogP contribution in [-0.2, 0) is 0 Å². The van der Waals surface area contributed by atoms with Crippen LogP contribution in [0.5, 0.6) is 5.75 Å². The predicted octanol–water partition coefficient (Wildman–Crippen LogP) is 3.48. The molecule has 1 aromatic heterocycles. The first-order chi connectivity index (χ1) is 8.79.